The molecule has 0 aliphatic rings. The molecular weight excluding hydrogens is 304 g/mol. The van der Waals surface area contributed by atoms with Crippen molar-refractivity contribution in [1.29, 1.82) is 5.41 Å². The van der Waals surface area contributed by atoms with Gasteiger partial charge in [0.05, 0.1) is 17.4 Å². The fourth-order valence-corrected chi connectivity index (χ4v) is 2.56. The first-order valence-corrected chi connectivity index (χ1v) is 6.53. The van der Waals surface area contributed by atoms with Gasteiger partial charge in [-0.2, -0.15) is 5.10 Å². The van der Waals surface area contributed by atoms with Crippen LogP contribution in [0.5, 0.6) is 0 Å². The van der Waals surface area contributed by atoms with Gasteiger partial charge in [0.15, 0.2) is 0 Å². The van der Waals surface area contributed by atoms with Crippen LogP contribution in [0.2, 0.25) is 0 Å². The molecule has 1 heterocycles. The molecule has 5 heteroatoms. The van der Waals surface area contributed by atoms with Gasteiger partial charge in [-0.05, 0) is 40.2 Å². The highest BCUT2D eigenvalue weighted by molar-refractivity contribution is 9.10. The minimum Gasteiger partial charge on any atom is -0.384 e. The van der Waals surface area contributed by atoms with E-state index in [4.69, 9.17) is 11.1 Å². The van der Waals surface area contributed by atoms with Crippen molar-refractivity contribution in [2.24, 2.45) is 5.73 Å². The Morgan fingerprint density at radius 1 is 1.21 bits per heavy atom. The number of nitrogens with one attached hydrogen (secondary N) is 1. The summed E-state index contributed by atoms with van der Waals surface area (Å²) < 4.78 is 2.72. The maximum absolute atomic E-state index is 7.44. The highest BCUT2D eigenvalue weighted by atomic mass is 79.9. The lowest BCUT2D eigenvalue weighted by Gasteiger charge is -2.08. The number of aromatic nitrogens is 2. The normalized spacial score (nSPS) is 10.8. The second kappa shape index (κ2) is 4.51. The lowest BCUT2D eigenvalue weighted by atomic mass is 10.2. The first-order chi connectivity index (χ1) is 9.16. The number of rotatable bonds is 2. The second-order valence-electron chi connectivity index (χ2n) is 4.20. The number of fused-ring (bicyclic) bond motifs is 1. The number of halogens is 1. The molecule has 0 bridgehead atoms. The molecule has 3 N–H and O–H groups in total. The van der Waals surface area contributed by atoms with Crippen LogP contribution in [-0.2, 0) is 0 Å². The monoisotopic (exact) mass is 314 g/mol. The van der Waals surface area contributed by atoms with E-state index < -0.39 is 0 Å². The molecule has 0 aliphatic heterocycles. The van der Waals surface area contributed by atoms with Crippen molar-refractivity contribution in [1.82, 2.24) is 9.78 Å². The largest absolute Gasteiger partial charge is 0.384 e. The Labute approximate surface area is 118 Å². The smallest absolute Gasteiger partial charge is 0.122 e. The fraction of sp³-hybridized carbons (Fsp3) is 0. The molecule has 19 heavy (non-hydrogen) atoms. The van der Waals surface area contributed by atoms with Crippen LogP contribution in [0.25, 0.3) is 16.6 Å². The van der Waals surface area contributed by atoms with Crippen molar-refractivity contribution in [2.45, 2.75) is 0 Å². The molecule has 94 valence electrons. The van der Waals surface area contributed by atoms with E-state index in [0.29, 0.717) is 5.56 Å². The van der Waals surface area contributed by atoms with Gasteiger partial charge in [0, 0.05) is 15.4 Å². The zero-order valence-electron chi connectivity index (χ0n) is 9.97. The van der Waals surface area contributed by atoms with Gasteiger partial charge >= 0.3 is 0 Å². The first kappa shape index (κ1) is 11.9. The molecule has 3 rings (SSSR count). The Hall–Kier alpha value is -2.14. The molecule has 0 atom stereocenters. The Balaban J connectivity index is 2.19. The van der Waals surface area contributed by atoms with Crippen LogP contribution in [0, 0.1) is 5.41 Å². The molecule has 4 nitrogen and oxygen atoms in total. The van der Waals surface area contributed by atoms with Crippen LogP contribution < -0.4 is 5.73 Å². The third-order valence-corrected chi connectivity index (χ3v) is 3.60. The summed E-state index contributed by atoms with van der Waals surface area (Å²) in [6, 6.07) is 13.6. The van der Waals surface area contributed by atoms with Crippen LogP contribution in [0.15, 0.2) is 53.1 Å². The molecule has 2 aromatic carbocycles. The van der Waals surface area contributed by atoms with Gasteiger partial charge in [-0.25, -0.2) is 4.68 Å². The van der Waals surface area contributed by atoms with Crippen molar-refractivity contribution >= 4 is 32.7 Å². The van der Waals surface area contributed by atoms with Crippen LogP contribution in [0.1, 0.15) is 5.56 Å². The minimum atomic E-state index is 0.0533. The van der Waals surface area contributed by atoms with Crippen LogP contribution in [0.3, 0.4) is 0 Å². The summed E-state index contributed by atoms with van der Waals surface area (Å²) in [5.41, 5.74) is 8.13. The van der Waals surface area contributed by atoms with Crippen LogP contribution in [-0.4, -0.2) is 15.6 Å². The highest BCUT2D eigenvalue weighted by Gasteiger charge is 2.09. The number of nitrogens with zero attached hydrogens (tertiary/aromatic N) is 2. The van der Waals surface area contributed by atoms with Gasteiger partial charge in [-0.1, -0.05) is 18.2 Å². The van der Waals surface area contributed by atoms with E-state index in [0.717, 1.165) is 21.1 Å². The summed E-state index contributed by atoms with van der Waals surface area (Å²) >= 11 is 3.51. The molecule has 1 aromatic heterocycles. The van der Waals surface area contributed by atoms with E-state index in [1.807, 2.05) is 53.3 Å². The Bertz CT molecular complexity index is 776. The average Bonchev–Trinajstić information content (AvgIpc) is 2.82. The van der Waals surface area contributed by atoms with E-state index in [1.54, 1.807) is 0 Å². The summed E-state index contributed by atoms with van der Waals surface area (Å²) in [5, 5.41) is 12.9. The zero-order valence-corrected chi connectivity index (χ0v) is 11.6. The molecule has 0 unspecified atom stereocenters. The van der Waals surface area contributed by atoms with Gasteiger partial charge in [0.1, 0.15) is 5.84 Å². The lowest BCUT2D eigenvalue weighted by Crippen LogP contribution is -2.11. The van der Waals surface area contributed by atoms with E-state index in [-0.39, 0.29) is 5.84 Å². The number of hydrogen-bond acceptors (Lipinski definition) is 2. The average molecular weight is 315 g/mol. The van der Waals surface area contributed by atoms with Gasteiger partial charge in [-0.3, -0.25) is 5.41 Å². The highest BCUT2D eigenvalue weighted by Crippen LogP contribution is 2.25. The minimum absolute atomic E-state index is 0.0533. The number of para-hydroxylation sites is 1. The van der Waals surface area contributed by atoms with Gasteiger partial charge in [0.25, 0.3) is 0 Å². The molecule has 0 saturated carbocycles. The van der Waals surface area contributed by atoms with Crippen molar-refractivity contribution < 1.29 is 0 Å². The van der Waals surface area contributed by atoms with Gasteiger partial charge in [-0.15, -0.1) is 0 Å². The predicted molar refractivity (Wildman–Crippen MR) is 79.8 cm³/mol. The topological polar surface area (TPSA) is 67.7 Å². The van der Waals surface area contributed by atoms with E-state index in [2.05, 4.69) is 21.0 Å². The molecular formula is C14H11BrN4. The maximum Gasteiger partial charge on any atom is 0.122 e. The summed E-state index contributed by atoms with van der Waals surface area (Å²) in [4.78, 5) is 0. The number of benzene rings is 2. The third kappa shape index (κ3) is 2.02. The maximum atomic E-state index is 7.44. The standard InChI is InChI=1S/C14H11BrN4/c15-11-7-9(14(16)17)5-6-13(11)19-12-4-2-1-3-10(12)8-18-19/h1-8H,(H3,16,17). The van der Waals surface area contributed by atoms with Crippen molar-refractivity contribution in [3.8, 4) is 5.69 Å². The number of nitrogen functional groups attached to an aromatic ring is 1. The number of hydrogen-bond donors (Lipinski definition) is 2. The van der Waals surface area contributed by atoms with E-state index in [9.17, 15) is 0 Å². The Morgan fingerprint density at radius 2 is 2.00 bits per heavy atom. The summed E-state index contributed by atoms with van der Waals surface area (Å²) in [6.07, 6.45) is 1.83. The lowest BCUT2D eigenvalue weighted by molar-refractivity contribution is 0.906. The van der Waals surface area contributed by atoms with Gasteiger partial charge < -0.3 is 5.73 Å². The van der Waals surface area contributed by atoms with Gasteiger partial charge in [0.2, 0.25) is 0 Å². The SMILES string of the molecule is N=C(N)c1ccc(-n2ncc3ccccc32)c(Br)c1. The third-order valence-electron chi connectivity index (χ3n) is 2.96. The van der Waals surface area contributed by atoms with Crippen LogP contribution in [0.4, 0.5) is 0 Å². The molecule has 0 amide bonds. The molecule has 0 saturated heterocycles. The Morgan fingerprint density at radius 3 is 2.74 bits per heavy atom. The fourth-order valence-electron chi connectivity index (χ4n) is 2.01. The van der Waals surface area contributed by atoms with Crippen molar-refractivity contribution in [3.63, 3.8) is 0 Å². The summed E-state index contributed by atoms with van der Waals surface area (Å²) in [5.74, 6) is 0.0533. The molecule has 3 aromatic rings. The quantitative estimate of drug-likeness (QED) is 0.564. The molecule has 0 fully saturated rings. The first-order valence-electron chi connectivity index (χ1n) is 5.74. The zero-order chi connectivity index (χ0) is 13.4. The number of nitrogens with two attached hydrogens (primary N) is 1. The summed E-state index contributed by atoms with van der Waals surface area (Å²) in [7, 11) is 0. The summed E-state index contributed by atoms with van der Waals surface area (Å²) in [6.45, 7) is 0. The van der Waals surface area contributed by atoms with Crippen LogP contribution >= 0.6 is 15.9 Å². The van der Waals surface area contributed by atoms with Crippen molar-refractivity contribution in [3.05, 3.63) is 58.7 Å². The van der Waals surface area contributed by atoms with E-state index >= 15 is 0 Å². The van der Waals surface area contributed by atoms with Crippen molar-refractivity contribution in [2.75, 3.05) is 0 Å². The molecule has 0 radical (unpaired) electrons. The second-order valence-corrected chi connectivity index (χ2v) is 5.05. The van der Waals surface area contributed by atoms with E-state index in [1.165, 1.54) is 0 Å². The Kier molecular flexibility index (Phi) is 2.83. The molecule has 0 aliphatic carbocycles. The predicted octanol–water partition coefficient (Wildman–Crippen LogP) is 3.07. The molecule has 0 spiro atoms. The number of amidine groups is 1.